The lowest BCUT2D eigenvalue weighted by Gasteiger charge is -2.32. The summed E-state index contributed by atoms with van der Waals surface area (Å²) in [4.78, 5) is 25.9. The van der Waals surface area contributed by atoms with Crippen molar-refractivity contribution >= 4 is 11.8 Å². The van der Waals surface area contributed by atoms with E-state index in [1.807, 2.05) is 0 Å². The van der Waals surface area contributed by atoms with Gasteiger partial charge in [-0.15, -0.1) is 0 Å². The number of nitrogens with zero attached hydrogens (tertiary/aromatic N) is 1. The SMILES string of the molecule is CC1CCC(NC(=O)C(=O)N2CCCNCC2)CC1C. The van der Waals surface area contributed by atoms with Gasteiger partial charge in [0, 0.05) is 25.7 Å². The molecular formula is C15H27N3O2. The van der Waals surface area contributed by atoms with E-state index < -0.39 is 5.91 Å². The van der Waals surface area contributed by atoms with E-state index in [2.05, 4.69) is 24.5 Å². The lowest BCUT2D eigenvalue weighted by Crippen LogP contribution is -2.48. The van der Waals surface area contributed by atoms with E-state index in [9.17, 15) is 9.59 Å². The minimum absolute atomic E-state index is 0.169. The van der Waals surface area contributed by atoms with Crippen LogP contribution in [0.1, 0.15) is 39.5 Å². The molecule has 2 rings (SSSR count). The molecule has 0 aromatic rings. The number of nitrogens with one attached hydrogen (secondary N) is 2. The smallest absolute Gasteiger partial charge is 0.311 e. The average Bonchev–Trinajstić information content (AvgIpc) is 2.71. The van der Waals surface area contributed by atoms with Gasteiger partial charge in [-0.2, -0.15) is 0 Å². The van der Waals surface area contributed by atoms with Gasteiger partial charge in [-0.05, 0) is 44.1 Å². The van der Waals surface area contributed by atoms with Crippen LogP contribution in [0.3, 0.4) is 0 Å². The first kappa shape index (κ1) is 15.3. The van der Waals surface area contributed by atoms with Gasteiger partial charge < -0.3 is 15.5 Å². The molecule has 1 heterocycles. The van der Waals surface area contributed by atoms with E-state index in [1.54, 1.807) is 4.90 Å². The molecule has 2 aliphatic rings. The Hall–Kier alpha value is -1.10. The summed E-state index contributed by atoms with van der Waals surface area (Å²) in [5.74, 6) is 0.556. The van der Waals surface area contributed by atoms with Gasteiger partial charge in [0.1, 0.15) is 0 Å². The lowest BCUT2D eigenvalue weighted by atomic mass is 9.79. The number of carbonyl (C=O) groups is 2. The number of rotatable bonds is 1. The van der Waals surface area contributed by atoms with Gasteiger partial charge in [-0.25, -0.2) is 0 Å². The molecule has 0 bridgehead atoms. The van der Waals surface area contributed by atoms with Crippen molar-refractivity contribution in [2.75, 3.05) is 26.2 Å². The van der Waals surface area contributed by atoms with Gasteiger partial charge in [0.05, 0.1) is 0 Å². The van der Waals surface area contributed by atoms with Crippen LogP contribution in [0.5, 0.6) is 0 Å². The molecule has 3 atom stereocenters. The molecule has 5 nitrogen and oxygen atoms in total. The Kier molecular flexibility index (Phi) is 5.40. The molecule has 1 saturated carbocycles. The average molecular weight is 281 g/mol. The highest BCUT2D eigenvalue weighted by molar-refractivity contribution is 6.35. The lowest BCUT2D eigenvalue weighted by molar-refractivity contribution is -0.146. The predicted octanol–water partition coefficient (Wildman–Crippen LogP) is 0.749. The summed E-state index contributed by atoms with van der Waals surface area (Å²) in [5.41, 5.74) is 0. The van der Waals surface area contributed by atoms with Crippen molar-refractivity contribution in [1.82, 2.24) is 15.5 Å². The highest BCUT2D eigenvalue weighted by Gasteiger charge is 2.29. The summed E-state index contributed by atoms with van der Waals surface area (Å²) in [6, 6.07) is 0.169. The molecule has 0 spiro atoms. The molecule has 0 radical (unpaired) electrons. The Balaban J connectivity index is 1.83. The van der Waals surface area contributed by atoms with Crippen molar-refractivity contribution in [1.29, 1.82) is 0 Å². The van der Waals surface area contributed by atoms with Gasteiger partial charge in [0.25, 0.3) is 0 Å². The molecular weight excluding hydrogens is 254 g/mol. The summed E-state index contributed by atoms with van der Waals surface area (Å²) in [6.45, 7) is 7.49. The van der Waals surface area contributed by atoms with E-state index in [-0.39, 0.29) is 11.9 Å². The second-order valence-corrected chi connectivity index (χ2v) is 6.33. The molecule has 5 heteroatoms. The van der Waals surface area contributed by atoms with Crippen LogP contribution in [0.2, 0.25) is 0 Å². The van der Waals surface area contributed by atoms with Crippen molar-refractivity contribution in [2.45, 2.75) is 45.6 Å². The molecule has 114 valence electrons. The fourth-order valence-corrected chi connectivity index (χ4v) is 3.12. The van der Waals surface area contributed by atoms with Gasteiger partial charge >= 0.3 is 11.8 Å². The summed E-state index contributed by atoms with van der Waals surface area (Å²) < 4.78 is 0. The van der Waals surface area contributed by atoms with Crippen molar-refractivity contribution < 1.29 is 9.59 Å². The van der Waals surface area contributed by atoms with E-state index in [1.165, 1.54) is 0 Å². The van der Waals surface area contributed by atoms with Crippen LogP contribution in [-0.4, -0.2) is 48.9 Å². The normalized spacial score (nSPS) is 31.5. The first-order chi connectivity index (χ1) is 9.58. The molecule has 3 unspecified atom stereocenters. The third-order valence-electron chi connectivity index (χ3n) is 4.75. The number of carbonyl (C=O) groups excluding carboxylic acids is 2. The molecule has 1 aliphatic carbocycles. The zero-order valence-electron chi connectivity index (χ0n) is 12.7. The Morgan fingerprint density at radius 3 is 2.65 bits per heavy atom. The summed E-state index contributed by atoms with van der Waals surface area (Å²) >= 11 is 0. The zero-order valence-corrected chi connectivity index (χ0v) is 12.7. The Morgan fingerprint density at radius 2 is 1.90 bits per heavy atom. The van der Waals surface area contributed by atoms with Crippen molar-refractivity contribution in [2.24, 2.45) is 11.8 Å². The van der Waals surface area contributed by atoms with Crippen molar-refractivity contribution in [3.8, 4) is 0 Å². The van der Waals surface area contributed by atoms with Gasteiger partial charge in [-0.3, -0.25) is 9.59 Å². The van der Waals surface area contributed by atoms with Crippen LogP contribution >= 0.6 is 0 Å². The van der Waals surface area contributed by atoms with Crippen molar-refractivity contribution in [3.05, 3.63) is 0 Å². The van der Waals surface area contributed by atoms with E-state index in [4.69, 9.17) is 0 Å². The topological polar surface area (TPSA) is 61.4 Å². The maximum Gasteiger partial charge on any atom is 0.311 e. The Bertz CT molecular complexity index is 351. The quantitative estimate of drug-likeness (QED) is 0.697. The van der Waals surface area contributed by atoms with Crippen molar-refractivity contribution in [3.63, 3.8) is 0 Å². The second kappa shape index (κ2) is 7.07. The fourth-order valence-electron chi connectivity index (χ4n) is 3.12. The molecule has 20 heavy (non-hydrogen) atoms. The number of hydrogen-bond donors (Lipinski definition) is 2. The van der Waals surface area contributed by atoms with Crippen LogP contribution in [0.4, 0.5) is 0 Å². The molecule has 2 N–H and O–H groups in total. The molecule has 1 saturated heterocycles. The maximum atomic E-state index is 12.2. The van der Waals surface area contributed by atoms with Crippen LogP contribution in [-0.2, 0) is 9.59 Å². The highest BCUT2D eigenvalue weighted by atomic mass is 16.2. The fraction of sp³-hybridized carbons (Fsp3) is 0.867. The zero-order chi connectivity index (χ0) is 14.5. The van der Waals surface area contributed by atoms with Crippen LogP contribution in [0, 0.1) is 11.8 Å². The van der Waals surface area contributed by atoms with Crippen LogP contribution in [0.15, 0.2) is 0 Å². The first-order valence-corrected chi connectivity index (χ1v) is 7.88. The predicted molar refractivity (Wildman–Crippen MR) is 78.2 cm³/mol. The molecule has 2 amide bonds. The highest BCUT2D eigenvalue weighted by Crippen LogP contribution is 2.29. The third kappa shape index (κ3) is 3.95. The summed E-state index contributed by atoms with van der Waals surface area (Å²) in [5, 5.41) is 6.17. The third-order valence-corrected chi connectivity index (χ3v) is 4.75. The summed E-state index contributed by atoms with van der Waals surface area (Å²) in [7, 11) is 0. The Morgan fingerprint density at radius 1 is 1.10 bits per heavy atom. The number of hydrogen-bond acceptors (Lipinski definition) is 3. The van der Waals surface area contributed by atoms with E-state index >= 15 is 0 Å². The maximum absolute atomic E-state index is 12.2. The van der Waals surface area contributed by atoms with Gasteiger partial charge in [0.2, 0.25) is 0 Å². The molecule has 2 fully saturated rings. The van der Waals surface area contributed by atoms with Gasteiger partial charge in [0.15, 0.2) is 0 Å². The monoisotopic (exact) mass is 281 g/mol. The van der Waals surface area contributed by atoms with E-state index in [0.29, 0.717) is 19.0 Å². The van der Waals surface area contributed by atoms with E-state index in [0.717, 1.165) is 44.7 Å². The molecule has 0 aromatic carbocycles. The van der Waals surface area contributed by atoms with Gasteiger partial charge in [-0.1, -0.05) is 13.8 Å². The summed E-state index contributed by atoms with van der Waals surface area (Å²) in [6.07, 6.45) is 4.03. The molecule has 1 aliphatic heterocycles. The van der Waals surface area contributed by atoms with Crippen LogP contribution in [0.25, 0.3) is 0 Å². The largest absolute Gasteiger partial charge is 0.345 e. The first-order valence-electron chi connectivity index (χ1n) is 7.88. The minimum Gasteiger partial charge on any atom is -0.345 e. The number of amides is 2. The minimum atomic E-state index is -0.418. The Labute approximate surface area is 121 Å². The second-order valence-electron chi connectivity index (χ2n) is 6.33. The molecule has 0 aromatic heterocycles. The standard InChI is InChI=1S/C15H27N3O2/c1-11-4-5-13(10-12(11)2)17-14(19)15(20)18-8-3-6-16-7-9-18/h11-13,16H,3-10H2,1-2H3,(H,17,19). The van der Waals surface area contributed by atoms with Crippen LogP contribution < -0.4 is 10.6 Å².